The van der Waals surface area contributed by atoms with Crippen molar-refractivity contribution in [2.45, 2.75) is 63.6 Å². The number of ether oxygens (including phenoxy) is 2. The number of alkyl halides is 12. The SMILES string of the molecule is [C-]#[N+]C([N+]#[C-])=C1Cc2c(-c3cc(F)c(C(F)(F)F)c(F)c3)c3c(c(-c4cc(F)c(C(F)(F)F)c(F)c4)c2=C1F)CC(=C(C#N)C#N)C=3F.[C-]#[N+]C([N+]#[C-])=C1Cc2c(-c3cc(F)c(OC(F)(F)F)c(F)c3)c3c(c(-c4cc(F)c(OC(F)(F)F)c(F)c4)c2=C1F)CC(=C(C#N)C#N)C=3F.[C-]#[N+]C([N+]#[C-])=C1Cc2c(-c3cc(F)cc(F)c3)c3c(c(-c4cc(F)cc(F)c4)c2=C1F)CC(=C(C#N)C#N)C=3F. The van der Waals surface area contributed by atoms with Gasteiger partial charge in [-0.3, -0.25) is 0 Å². The summed E-state index contributed by atoms with van der Waals surface area (Å²) in [6, 6.07) is 14.7. The Morgan fingerprint density at radius 1 is 0.246 bits per heavy atom. The molecule has 0 saturated heterocycles. The molecule has 9 aromatic rings. The Labute approximate surface area is 749 Å². The Hall–Kier alpha value is -18.0. The zero-order valence-electron chi connectivity index (χ0n) is 66.8. The van der Waals surface area contributed by atoms with Crippen LogP contribution in [0.4, 0.5) is 132 Å². The highest BCUT2D eigenvalue weighted by Gasteiger charge is 2.46. The fourth-order valence-electron chi connectivity index (χ4n) is 16.7. The fourth-order valence-corrected chi connectivity index (χ4v) is 16.7. The van der Waals surface area contributed by atoms with Crippen LogP contribution in [0.5, 0.6) is 11.5 Å². The number of allylic oxidation sites excluding steroid dienone is 9. The first-order valence-electron chi connectivity index (χ1n) is 37.3. The molecule has 6 aliphatic carbocycles. The van der Waals surface area contributed by atoms with Gasteiger partial charge in [0.1, 0.15) is 185 Å². The van der Waals surface area contributed by atoms with E-state index in [1.54, 1.807) is 12.1 Å². The number of nitriles is 6. The third kappa shape index (κ3) is 17.0. The van der Waals surface area contributed by atoms with Crippen molar-refractivity contribution >= 4 is 35.0 Å². The largest absolute Gasteiger partial charge is 0.573 e. The van der Waals surface area contributed by atoms with E-state index in [2.05, 4.69) is 38.5 Å². The maximum atomic E-state index is 16.4. The van der Waals surface area contributed by atoms with Crippen LogP contribution in [0, 0.1) is 177 Å². The van der Waals surface area contributed by atoms with Crippen molar-refractivity contribution in [3.8, 4) is 115 Å². The minimum Gasteiger partial charge on any atom is -0.399 e. The number of hydrogen-bond acceptors (Lipinski definition) is 8. The van der Waals surface area contributed by atoms with E-state index >= 15 is 43.9 Å². The minimum atomic E-state index is -5.59. The molecule has 0 saturated carbocycles. The third-order valence-corrected chi connectivity index (χ3v) is 21.7. The average molecular weight is 1930 g/mol. The van der Waals surface area contributed by atoms with Crippen molar-refractivity contribution < 1.29 is 141 Å². The van der Waals surface area contributed by atoms with Gasteiger partial charge in [0.15, 0.2) is 23.3 Å². The standard InChI is InChI=1S/C32H8F12N4O2.C32H8F12N4.C30H10F6N4/c1-47-30(48-2)17-8-16-23(12-5-20(35)29(21(36)6-12)50-32(42,43)44)24-15(7-14(26(24)37)13(9-45)10-46)22(25(16)27(17)38)11-3-18(33)28(19(34)4-11)49-31(39,40)41;1-47-30(48-2)17-8-16-23(12-5-20(35)27(21(36)6-12)32(42,43)44)24-15(7-14(28(24)37)13(9-45)10-46)22(25(16)29(17)38)11-3-18(33)26(19(34)4-11)31(39,40)41;1-39-30(40-2)23-10-22-25(14-5-18(33)8-19(34)6-14)26-21(9-20(28(26)35)15(11-37)12-38)24(27(22)29(23)36)13-3-16(31)7-17(32)4-13/h3-6H,7-8H2;3-6H,7-8H2;3-8H,9-10H2. The topological polar surface area (TPSA) is 187 Å². The van der Waals surface area contributed by atoms with Gasteiger partial charge >= 0.3 is 42.5 Å². The molecule has 138 heavy (non-hydrogen) atoms. The van der Waals surface area contributed by atoms with Crippen LogP contribution in [0.15, 0.2) is 153 Å². The van der Waals surface area contributed by atoms with Gasteiger partial charge < -0.3 is 9.47 Å². The smallest absolute Gasteiger partial charge is 0.399 e. The molecule has 44 heteroatoms. The van der Waals surface area contributed by atoms with Gasteiger partial charge in [0, 0.05) is 98.7 Å². The number of nitrogens with zero attached hydrogens (tertiary/aromatic N) is 12. The van der Waals surface area contributed by atoms with Crippen LogP contribution in [0.1, 0.15) is 44.5 Å². The van der Waals surface area contributed by atoms with Gasteiger partial charge in [0.05, 0.1) is 16.7 Å². The van der Waals surface area contributed by atoms with Crippen LogP contribution in [-0.2, 0) is 50.9 Å². The summed E-state index contributed by atoms with van der Waals surface area (Å²) in [5.74, 6) is -35.6. The van der Waals surface area contributed by atoms with E-state index in [0.29, 0.717) is 12.1 Å². The molecule has 0 radical (unpaired) electrons. The zero-order valence-corrected chi connectivity index (χ0v) is 66.8. The van der Waals surface area contributed by atoms with Crippen LogP contribution in [0.25, 0.3) is 131 Å². The molecule has 0 fully saturated rings. The third-order valence-electron chi connectivity index (χ3n) is 21.7. The zero-order chi connectivity index (χ0) is 102. The van der Waals surface area contributed by atoms with E-state index in [-0.39, 0.29) is 103 Å². The molecule has 0 N–H and O–H groups in total. The first-order valence-corrected chi connectivity index (χ1v) is 37.3. The molecule has 9 aromatic carbocycles. The first-order chi connectivity index (χ1) is 64.9. The molecular weight excluding hydrogens is 1900 g/mol. The average Bonchev–Trinajstić information content (AvgIpc) is 1.55. The molecular formula is C94H26F30N12O2. The summed E-state index contributed by atoms with van der Waals surface area (Å²) >= 11 is 0. The predicted molar refractivity (Wildman–Crippen MR) is 417 cm³/mol. The normalized spacial score (nSPS) is 13.6. The monoisotopic (exact) mass is 1920 g/mol. The lowest BCUT2D eigenvalue weighted by Crippen LogP contribution is -2.25. The number of rotatable bonds is 8. The van der Waals surface area contributed by atoms with Crippen molar-refractivity contribution in [1.29, 1.82) is 31.6 Å². The number of fused-ring (bicyclic) bond motifs is 6. The summed E-state index contributed by atoms with van der Waals surface area (Å²) in [6.07, 6.45) is -26.8. The second-order valence-corrected chi connectivity index (χ2v) is 29.2. The molecule has 0 aromatic heterocycles. The summed E-state index contributed by atoms with van der Waals surface area (Å²) < 4.78 is 439. The summed E-state index contributed by atoms with van der Waals surface area (Å²) in [7, 11) is 0. The fraction of sp³-hybridized carbons (Fsp3) is 0.106. The molecule has 684 valence electrons. The van der Waals surface area contributed by atoms with Crippen LogP contribution < -0.4 is 40.8 Å². The number of benzene rings is 9. The summed E-state index contributed by atoms with van der Waals surface area (Å²) in [5.41, 5.74) is -20.4. The van der Waals surface area contributed by atoms with E-state index in [1.807, 2.05) is 0 Å². The van der Waals surface area contributed by atoms with Gasteiger partial charge in [-0.15, -0.1) is 26.3 Å². The minimum absolute atomic E-state index is 0.0902. The Kier molecular flexibility index (Phi) is 25.6. The summed E-state index contributed by atoms with van der Waals surface area (Å²) in [4.78, 5) is 17.6. The molecule has 0 heterocycles. The molecule has 14 nitrogen and oxygen atoms in total. The van der Waals surface area contributed by atoms with Gasteiger partial charge in [-0.05, 0) is 173 Å². The van der Waals surface area contributed by atoms with E-state index < -0.39 is 335 Å². The lowest BCUT2D eigenvalue weighted by atomic mass is 9.86. The summed E-state index contributed by atoms with van der Waals surface area (Å²) in [6.45, 7) is 43.6. The van der Waals surface area contributed by atoms with Gasteiger partial charge in [-0.1, -0.05) is 0 Å². The Bertz CT molecular complexity index is 7670. The second-order valence-electron chi connectivity index (χ2n) is 29.2. The summed E-state index contributed by atoms with van der Waals surface area (Å²) in [5, 5.41) is 52.6. The maximum absolute atomic E-state index is 16.4. The highest BCUT2D eigenvalue weighted by atomic mass is 19.4. The molecule has 0 unspecified atom stereocenters. The predicted octanol–water partition coefficient (Wildman–Crippen LogP) is 22.6. The molecule has 0 amide bonds. The van der Waals surface area contributed by atoms with Crippen molar-refractivity contribution in [3.63, 3.8) is 0 Å². The molecule has 0 atom stereocenters. The number of hydrogen-bond donors (Lipinski definition) is 0. The van der Waals surface area contributed by atoms with Crippen molar-refractivity contribution in [2.24, 2.45) is 0 Å². The lowest BCUT2D eigenvalue weighted by molar-refractivity contribution is -0.277. The van der Waals surface area contributed by atoms with E-state index in [4.69, 9.17) is 39.4 Å². The van der Waals surface area contributed by atoms with Gasteiger partial charge in [-0.2, -0.15) is 87.0 Å². The van der Waals surface area contributed by atoms with E-state index in [9.17, 15) is 119 Å². The molecule has 0 aliphatic heterocycles. The molecule has 6 aliphatic rings. The van der Waals surface area contributed by atoms with Gasteiger partial charge in [-0.25, -0.2) is 79.0 Å². The molecule has 0 bridgehead atoms. The van der Waals surface area contributed by atoms with Crippen LogP contribution >= 0.6 is 0 Å². The van der Waals surface area contributed by atoms with Crippen molar-refractivity contribution in [3.05, 3.63) is 367 Å². The second kappa shape index (κ2) is 36.2. The van der Waals surface area contributed by atoms with Gasteiger partial charge in [0.25, 0.3) is 0 Å². The van der Waals surface area contributed by atoms with Crippen LogP contribution in [0.2, 0.25) is 0 Å². The lowest BCUT2D eigenvalue weighted by Gasteiger charge is -2.18. The first kappa shape index (κ1) is 97.5. The Balaban J connectivity index is 0.000000176. The number of halogens is 30. The maximum Gasteiger partial charge on any atom is 0.573 e. The van der Waals surface area contributed by atoms with Crippen LogP contribution in [0.3, 0.4) is 0 Å². The quantitative estimate of drug-likeness (QED) is 0.0816. The van der Waals surface area contributed by atoms with Crippen molar-refractivity contribution in [1.82, 2.24) is 0 Å². The van der Waals surface area contributed by atoms with Gasteiger partial charge in [0.2, 0.25) is 11.5 Å². The molecule has 0 spiro atoms. The van der Waals surface area contributed by atoms with E-state index in [0.717, 1.165) is 24.3 Å². The van der Waals surface area contributed by atoms with Crippen molar-refractivity contribution in [2.75, 3.05) is 0 Å². The Morgan fingerprint density at radius 2 is 0.413 bits per heavy atom. The Morgan fingerprint density at radius 3 is 0.580 bits per heavy atom. The van der Waals surface area contributed by atoms with E-state index in [1.165, 1.54) is 24.3 Å². The van der Waals surface area contributed by atoms with Crippen LogP contribution in [-0.4, -0.2) is 12.7 Å². The highest BCUT2D eigenvalue weighted by Crippen LogP contribution is 2.49. The molecule has 15 rings (SSSR count). The highest BCUT2D eigenvalue weighted by molar-refractivity contribution is 5.95.